The van der Waals surface area contributed by atoms with E-state index < -0.39 is 17.3 Å². The van der Waals surface area contributed by atoms with Crippen LogP contribution in [0.1, 0.15) is 62.6 Å². The average Bonchev–Trinajstić information content (AvgIpc) is 3.11. The molecule has 2 aromatic carbocycles. The Balaban J connectivity index is 1.85. The maximum atomic E-state index is 13.9. The first kappa shape index (κ1) is 23.9. The quantitative estimate of drug-likeness (QED) is 0.615. The molecule has 1 unspecified atom stereocenters. The van der Waals surface area contributed by atoms with E-state index in [0.717, 1.165) is 16.8 Å². The van der Waals surface area contributed by atoms with Gasteiger partial charge in [0.25, 0.3) is 0 Å². The lowest BCUT2D eigenvalue weighted by Crippen LogP contribution is -2.53. The summed E-state index contributed by atoms with van der Waals surface area (Å²) in [6.45, 7) is 7.96. The number of benzene rings is 2. The first-order valence-electron chi connectivity index (χ1n) is 12.5. The number of carbonyl (C=O) groups is 3. The van der Waals surface area contributed by atoms with Crippen LogP contribution >= 0.6 is 0 Å². The number of fused-ring (bicyclic) bond motifs is 3. The van der Waals surface area contributed by atoms with Crippen LogP contribution in [0, 0.1) is 6.92 Å². The number of Topliss-reactive ketones (excluding diaryl/α,β-unsaturated/α-hetero) is 1. The number of hydrogen-bond acceptors (Lipinski definition) is 6. The SMILES string of the molecule is CCOC(=O)C1=C(N)N(c2ccc(C(C)C)cc2)C2=C(C(=O)CCC2)C12C(=O)Nc1ccc(C)cc12. The summed E-state index contributed by atoms with van der Waals surface area (Å²) in [6, 6.07) is 13.5. The number of nitrogens with zero attached hydrogens (tertiary/aromatic N) is 1. The molecule has 0 saturated carbocycles. The van der Waals surface area contributed by atoms with Crippen LogP contribution in [0.3, 0.4) is 0 Å². The number of rotatable bonds is 4. The van der Waals surface area contributed by atoms with E-state index in [1.165, 1.54) is 0 Å². The fourth-order valence-corrected chi connectivity index (χ4v) is 5.73. The molecule has 0 saturated heterocycles. The molecule has 0 radical (unpaired) electrons. The van der Waals surface area contributed by atoms with Crippen molar-refractivity contribution in [3.8, 4) is 0 Å². The predicted octanol–water partition coefficient (Wildman–Crippen LogP) is 4.57. The fraction of sp³-hybridized carbons (Fsp3) is 0.345. The Labute approximate surface area is 211 Å². The van der Waals surface area contributed by atoms with E-state index in [1.54, 1.807) is 17.9 Å². The number of esters is 1. The molecule has 3 aliphatic rings. The Morgan fingerprint density at radius 1 is 1.14 bits per heavy atom. The lowest BCUT2D eigenvalue weighted by molar-refractivity contribution is -0.140. The van der Waals surface area contributed by atoms with Crippen LogP contribution in [-0.4, -0.2) is 24.3 Å². The summed E-state index contributed by atoms with van der Waals surface area (Å²) in [5, 5.41) is 2.92. The Morgan fingerprint density at radius 3 is 2.53 bits per heavy atom. The summed E-state index contributed by atoms with van der Waals surface area (Å²) in [5.74, 6) is -0.845. The van der Waals surface area contributed by atoms with Crippen molar-refractivity contribution in [2.75, 3.05) is 16.8 Å². The molecule has 186 valence electrons. The van der Waals surface area contributed by atoms with Crippen molar-refractivity contribution in [2.24, 2.45) is 5.73 Å². The largest absolute Gasteiger partial charge is 0.462 e. The molecule has 2 aliphatic heterocycles. The molecule has 0 fully saturated rings. The average molecular weight is 486 g/mol. The lowest BCUT2D eigenvalue weighted by atomic mass is 9.63. The lowest BCUT2D eigenvalue weighted by Gasteiger charge is -2.44. The van der Waals surface area contributed by atoms with Gasteiger partial charge in [0.2, 0.25) is 5.91 Å². The number of nitrogens with one attached hydrogen (secondary N) is 1. The zero-order valence-electron chi connectivity index (χ0n) is 21.1. The summed E-state index contributed by atoms with van der Waals surface area (Å²) < 4.78 is 5.46. The van der Waals surface area contributed by atoms with Gasteiger partial charge in [-0.1, -0.05) is 43.7 Å². The molecule has 36 heavy (non-hydrogen) atoms. The van der Waals surface area contributed by atoms with Crippen LogP contribution in [0.15, 0.2) is 65.1 Å². The van der Waals surface area contributed by atoms with Gasteiger partial charge in [-0.05, 0) is 56.4 Å². The third-order valence-corrected chi connectivity index (χ3v) is 7.37. The predicted molar refractivity (Wildman–Crippen MR) is 138 cm³/mol. The van der Waals surface area contributed by atoms with E-state index in [9.17, 15) is 14.4 Å². The van der Waals surface area contributed by atoms with Gasteiger partial charge in [0.15, 0.2) is 5.78 Å². The summed E-state index contributed by atoms with van der Waals surface area (Å²) in [6.07, 6.45) is 1.49. The number of hydrogen-bond donors (Lipinski definition) is 2. The van der Waals surface area contributed by atoms with Gasteiger partial charge >= 0.3 is 5.97 Å². The van der Waals surface area contributed by atoms with E-state index >= 15 is 0 Å². The summed E-state index contributed by atoms with van der Waals surface area (Å²) in [5.41, 5.74) is 10.1. The first-order chi connectivity index (χ1) is 17.2. The van der Waals surface area contributed by atoms with E-state index in [2.05, 4.69) is 19.2 Å². The number of aryl methyl sites for hydroxylation is 1. The Morgan fingerprint density at radius 2 is 1.86 bits per heavy atom. The molecule has 7 heteroatoms. The van der Waals surface area contributed by atoms with Gasteiger partial charge in [-0.25, -0.2) is 4.79 Å². The molecular weight excluding hydrogens is 454 g/mol. The van der Waals surface area contributed by atoms with Crippen LogP contribution in [0.5, 0.6) is 0 Å². The molecule has 1 aliphatic carbocycles. The zero-order chi connectivity index (χ0) is 25.8. The first-order valence-corrected chi connectivity index (χ1v) is 12.5. The number of allylic oxidation sites excluding steroid dienone is 1. The Kier molecular flexibility index (Phi) is 5.74. The van der Waals surface area contributed by atoms with Crippen molar-refractivity contribution in [3.05, 3.63) is 81.8 Å². The molecule has 5 rings (SSSR count). The van der Waals surface area contributed by atoms with Gasteiger partial charge in [0, 0.05) is 34.6 Å². The number of anilines is 2. The topological polar surface area (TPSA) is 102 Å². The van der Waals surface area contributed by atoms with Gasteiger partial charge < -0.3 is 15.8 Å². The molecule has 0 bridgehead atoms. The number of carbonyl (C=O) groups excluding carboxylic acids is 3. The van der Waals surface area contributed by atoms with E-state index in [0.29, 0.717) is 47.7 Å². The van der Waals surface area contributed by atoms with Crippen LogP contribution in [0.4, 0.5) is 11.4 Å². The van der Waals surface area contributed by atoms with Crippen molar-refractivity contribution in [1.29, 1.82) is 0 Å². The van der Waals surface area contributed by atoms with E-state index in [-0.39, 0.29) is 23.8 Å². The number of nitrogens with two attached hydrogens (primary N) is 1. The molecular formula is C29H31N3O4. The van der Waals surface area contributed by atoms with Gasteiger partial charge in [-0.15, -0.1) is 0 Å². The van der Waals surface area contributed by atoms with E-state index in [1.807, 2.05) is 43.3 Å². The molecule has 2 heterocycles. The molecule has 7 nitrogen and oxygen atoms in total. The molecule has 1 amide bonds. The Hall–Kier alpha value is -3.87. The maximum absolute atomic E-state index is 13.9. The van der Waals surface area contributed by atoms with E-state index in [4.69, 9.17) is 10.5 Å². The van der Waals surface area contributed by atoms with Crippen molar-refractivity contribution in [1.82, 2.24) is 0 Å². The molecule has 1 spiro atoms. The molecule has 1 atom stereocenters. The van der Waals surface area contributed by atoms with Gasteiger partial charge in [0.05, 0.1) is 6.61 Å². The fourth-order valence-electron chi connectivity index (χ4n) is 5.73. The highest BCUT2D eigenvalue weighted by Crippen LogP contribution is 2.55. The molecule has 0 aromatic heterocycles. The van der Waals surface area contributed by atoms with Gasteiger partial charge in [-0.2, -0.15) is 0 Å². The standard InChI is InChI=1S/C29H31N3O4/c1-5-36-27(34)25-26(30)32(19-12-10-18(11-13-19)16(2)3)22-7-6-8-23(33)24(22)29(25)20-15-17(4)9-14-21(20)31-28(29)35/h9-16H,5-8,30H2,1-4H3,(H,31,35). The highest BCUT2D eigenvalue weighted by atomic mass is 16.5. The Bertz CT molecular complexity index is 1350. The number of ether oxygens (including phenoxy) is 1. The van der Waals surface area contributed by atoms with Crippen molar-refractivity contribution in [3.63, 3.8) is 0 Å². The number of ketones is 1. The normalized spacial score (nSPS) is 21.2. The second-order valence-corrected chi connectivity index (χ2v) is 9.91. The van der Waals surface area contributed by atoms with Gasteiger partial charge in [0.1, 0.15) is 16.8 Å². The second kappa shape index (κ2) is 8.66. The van der Waals surface area contributed by atoms with Crippen molar-refractivity contribution in [2.45, 2.75) is 58.3 Å². The number of amides is 1. The zero-order valence-corrected chi connectivity index (χ0v) is 21.1. The third kappa shape index (κ3) is 3.29. The summed E-state index contributed by atoms with van der Waals surface area (Å²) in [7, 11) is 0. The monoisotopic (exact) mass is 485 g/mol. The van der Waals surface area contributed by atoms with Gasteiger partial charge in [-0.3, -0.25) is 14.5 Å². The van der Waals surface area contributed by atoms with Crippen LogP contribution in [-0.2, 0) is 24.5 Å². The minimum absolute atomic E-state index is 0.00636. The molecule has 2 aromatic rings. The third-order valence-electron chi connectivity index (χ3n) is 7.37. The smallest absolute Gasteiger partial charge is 0.339 e. The minimum atomic E-state index is -1.65. The van der Waals surface area contributed by atoms with Crippen LogP contribution < -0.4 is 16.0 Å². The van der Waals surface area contributed by atoms with Crippen LogP contribution in [0.2, 0.25) is 0 Å². The highest BCUT2D eigenvalue weighted by molar-refractivity contribution is 6.23. The minimum Gasteiger partial charge on any atom is -0.462 e. The molecule has 3 N–H and O–H groups in total. The highest BCUT2D eigenvalue weighted by Gasteiger charge is 2.62. The van der Waals surface area contributed by atoms with Crippen LogP contribution in [0.25, 0.3) is 0 Å². The van der Waals surface area contributed by atoms with Crippen molar-refractivity contribution >= 4 is 29.0 Å². The summed E-state index contributed by atoms with van der Waals surface area (Å²) >= 11 is 0. The summed E-state index contributed by atoms with van der Waals surface area (Å²) in [4.78, 5) is 43.0. The second-order valence-electron chi connectivity index (χ2n) is 9.91. The maximum Gasteiger partial charge on any atom is 0.339 e. The van der Waals surface area contributed by atoms with Crippen molar-refractivity contribution < 1.29 is 19.1 Å².